The molecule has 0 aliphatic rings. The average Bonchev–Trinajstić information content (AvgIpc) is 2.97. The Morgan fingerprint density at radius 3 is 2.62 bits per heavy atom. The van der Waals surface area contributed by atoms with Crippen molar-refractivity contribution in [3.05, 3.63) is 51.7 Å². The molecule has 6 heteroatoms. The molecule has 0 aliphatic heterocycles. The Labute approximate surface area is 129 Å². The van der Waals surface area contributed by atoms with Crippen LogP contribution >= 0.6 is 11.3 Å². The van der Waals surface area contributed by atoms with Gasteiger partial charge in [-0.05, 0) is 42.1 Å². The highest BCUT2D eigenvalue weighted by Gasteiger charge is 2.24. The SMILES string of the molecule is CCN(Cc1cccs1)S(=O)(=O)c1ccc(C#N)c(C)c1. The van der Waals surface area contributed by atoms with Gasteiger partial charge < -0.3 is 0 Å². The number of nitriles is 1. The van der Waals surface area contributed by atoms with Crippen LogP contribution in [0.15, 0.2) is 40.6 Å². The zero-order chi connectivity index (χ0) is 15.5. The van der Waals surface area contributed by atoms with Gasteiger partial charge in [0.1, 0.15) is 0 Å². The van der Waals surface area contributed by atoms with Gasteiger partial charge in [0.15, 0.2) is 0 Å². The molecule has 0 amide bonds. The lowest BCUT2D eigenvalue weighted by atomic mass is 10.1. The van der Waals surface area contributed by atoms with E-state index in [2.05, 4.69) is 0 Å². The summed E-state index contributed by atoms with van der Waals surface area (Å²) in [5, 5.41) is 10.9. The predicted molar refractivity (Wildman–Crippen MR) is 83.5 cm³/mol. The highest BCUT2D eigenvalue weighted by atomic mass is 32.2. The predicted octanol–water partition coefficient (Wildman–Crippen LogP) is 3.14. The van der Waals surface area contributed by atoms with Crippen LogP contribution in [0.5, 0.6) is 0 Å². The molecule has 4 nitrogen and oxygen atoms in total. The standard InChI is InChI=1S/C15H16N2O2S2/c1-3-17(11-14-5-4-8-20-14)21(18,19)15-7-6-13(10-16)12(2)9-15/h4-9H,3,11H2,1-2H3. The molecule has 0 spiro atoms. The molecule has 1 aromatic heterocycles. The molecule has 0 N–H and O–H groups in total. The van der Waals surface area contributed by atoms with Gasteiger partial charge in [0, 0.05) is 18.0 Å². The van der Waals surface area contributed by atoms with Gasteiger partial charge in [-0.3, -0.25) is 0 Å². The minimum absolute atomic E-state index is 0.234. The Morgan fingerprint density at radius 1 is 1.33 bits per heavy atom. The van der Waals surface area contributed by atoms with E-state index in [4.69, 9.17) is 5.26 Å². The van der Waals surface area contributed by atoms with Crippen molar-refractivity contribution < 1.29 is 8.42 Å². The molecule has 0 unspecified atom stereocenters. The summed E-state index contributed by atoms with van der Waals surface area (Å²) in [6, 6.07) is 10.5. The van der Waals surface area contributed by atoms with Gasteiger partial charge in [-0.1, -0.05) is 13.0 Å². The van der Waals surface area contributed by atoms with Crippen LogP contribution in [0.25, 0.3) is 0 Å². The molecule has 2 aromatic rings. The lowest BCUT2D eigenvalue weighted by Gasteiger charge is -2.20. The van der Waals surface area contributed by atoms with Gasteiger partial charge in [0.2, 0.25) is 10.0 Å². The Morgan fingerprint density at radius 2 is 2.10 bits per heavy atom. The quantitative estimate of drug-likeness (QED) is 0.850. The van der Waals surface area contributed by atoms with E-state index in [1.807, 2.05) is 30.5 Å². The Hall–Kier alpha value is -1.68. The molecule has 21 heavy (non-hydrogen) atoms. The zero-order valence-corrected chi connectivity index (χ0v) is 13.5. The molecule has 110 valence electrons. The largest absolute Gasteiger partial charge is 0.243 e. The van der Waals surface area contributed by atoms with Crippen molar-refractivity contribution >= 4 is 21.4 Å². The molecule has 0 radical (unpaired) electrons. The average molecular weight is 320 g/mol. The first-order valence-corrected chi connectivity index (χ1v) is 8.84. The van der Waals surface area contributed by atoms with Crippen LogP contribution in [0, 0.1) is 18.3 Å². The lowest BCUT2D eigenvalue weighted by molar-refractivity contribution is 0.426. The molecule has 0 aliphatic carbocycles. The number of aryl methyl sites for hydroxylation is 1. The third kappa shape index (κ3) is 3.32. The van der Waals surface area contributed by atoms with Crippen molar-refractivity contribution in [3.8, 4) is 6.07 Å². The number of sulfonamides is 1. The number of benzene rings is 1. The van der Waals surface area contributed by atoms with Crippen LogP contribution in [0.1, 0.15) is 22.9 Å². The first-order valence-electron chi connectivity index (χ1n) is 6.52. The Kier molecular flexibility index (Phi) is 4.78. The molecule has 1 heterocycles. The first kappa shape index (κ1) is 15.7. The summed E-state index contributed by atoms with van der Waals surface area (Å²) in [7, 11) is -3.54. The minimum Gasteiger partial charge on any atom is -0.207 e. The van der Waals surface area contributed by atoms with Crippen LogP contribution in [0.3, 0.4) is 0 Å². The maximum absolute atomic E-state index is 12.7. The van der Waals surface area contributed by atoms with Crippen molar-refractivity contribution in [2.75, 3.05) is 6.54 Å². The maximum atomic E-state index is 12.7. The summed E-state index contributed by atoms with van der Waals surface area (Å²) < 4.78 is 26.8. The molecule has 0 saturated carbocycles. The van der Waals surface area contributed by atoms with E-state index in [9.17, 15) is 8.42 Å². The van der Waals surface area contributed by atoms with Crippen molar-refractivity contribution in [2.45, 2.75) is 25.3 Å². The van der Waals surface area contributed by atoms with E-state index in [1.54, 1.807) is 19.1 Å². The van der Waals surface area contributed by atoms with E-state index in [0.29, 0.717) is 24.2 Å². The van der Waals surface area contributed by atoms with Gasteiger partial charge in [0.05, 0.1) is 16.5 Å². The Bertz CT molecular complexity index is 759. The molecular formula is C15H16N2O2S2. The topological polar surface area (TPSA) is 61.2 Å². The fraction of sp³-hybridized carbons (Fsp3) is 0.267. The van der Waals surface area contributed by atoms with Gasteiger partial charge in [0.25, 0.3) is 0 Å². The molecule has 1 aromatic carbocycles. The van der Waals surface area contributed by atoms with Crippen LogP contribution in [-0.2, 0) is 16.6 Å². The number of hydrogen-bond donors (Lipinski definition) is 0. The van der Waals surface area contributed by atoms with E-state index in [0.717, 1.165) is 4.88 Å². The second-order valence-electron chi connectivity index (χ2n) is 4.60. The zero-order valence-electron chi connectivity index (χ0n) is 11.9. The van der Waals surface area contributed by atoms with E-state index < -0.39 is 10.0 Å². The third-order valence-corrected chi connectivity index (χ3v) is 6.00. The van der Waals surface area contributed by atoms with Gasteiger partial charge in [-0.25, -0.2) is 8.42 Å². The van der Waals surface area contributed by atoms with Crippen LogP contribution in [0.4, 0.5) is 0 Å². The summed E-state index contributed by atoms with van der Waals surface area (Å²) in [6.45, 7) is 4.34. The Balaban J connectivity index is 2.35. The summed E-state index contributed by atoms with van der Waals surface area (Å²) in [5.41, 5.74) is 1.17. The number of hydrogen-bond acceptors (Lipinski definition) is 4. The molecule has 0 bridgehead atoms. The molecular weight excluding hydrogens is 304 g/mol. The second-order valence-corrected chi connectivity index (χ2v) is 7.57. The fourth-order valence-corrected chi connectivity index (χ4v) is 4.33. The fourth-order valence-electron chi connectivity index (χ4n) is 2.01. The highest BCUT2D eigenvalue weighted by Crippen LogP contribution is 2.22. The smallest absolute Gasteiger partial charge is 0.207 e. The molecule has 0 saturated heterocycles. The highest BCUT2D eigenvalue weighted by molar-refractivity contribution is 7.89. The van der Waals surface area contributed by atoms with Gasteiger partial charge in [-0.2, -0.15) is 9.57 Å². The summed E-state index contributed by atoms with van der Waals surface area (Å²) in [5.74, 6) is 0. The summed E-state index contributed by atoms with van der Waals surface area (Å²) >= 11 is 1.54. The minimum atomic E-state index is -3.54. The lowest BCUT2D eigenvalue weighted by Crippen LogP contribution is -2.30. The molecule has 0 fully saturated rings. The molecule has 2 rings (SSSR count). The summed E-state index contributed by atoms with van der Waals surface area (Å²) in [6.07, 6.45) is 0. The van der Waals surface area contributed by atoms with Crippen LogP contribution < -0.4 is 0 Å². The van der Waals surface area contributed by atoms with E-state index in [-0.39, 0.29) is 4.90 Å². The van der Waals surface area contributed by atoms with Gasteiger partial charge in [-0.15, -0.1) is 11.3 Å². The second kappa shape index (κ2) is 6.39. The third-order valence-electron chi connectivity index (χ3n) is 3.22. The normalized spacial score (nSPS) is 11.5. The maximum Gasteiger partial charge on any atom is 0.243 e. The van der Waals surface area contributed by atoms with Crippen molar-refractivity contribution in [3.63, 3.8) is 0 Å². The number of thiophene rings is 1. The van der Waals surface area contributed by atoms with E-state index in [1.165, 1.54) is 21.7 Å². The summed E-state index contributed by atoms with van der Waals surface area (Å²) in [4.78, 5) is 1.24. The van der Waals surface area contributed by atoms with Gasteiger partial charge >= 0.3 is 0 Å². The van der Waals surface area contributed by atoms with Crippen LogP contribution in [-0.4, -0.2) is 19.3 Å². The van der Waals surface area contributed by atoms with Crippen molar-refractivity contribution in [1.29, 1.82) is 5.26 Å². The molecule has 0 atom stereocenters. The number of rotatable bonds is 5. The van der Waals surface area contributed by atoms with Crippen LogP contribution in [0.2, 0.25) is 0 Å². The first-order chi connectivity index (χ1) is 9.98. The number of nitrogens with zero attached hydrogens (tertiary/aromatic N) is 2. The van der Waals surface area contributed by atoms with E-state index >= 15 is 0 Å². The van der Waals surface area contributed by atoms with Crippen molar-refractivity contribution in [2.24, 2.45) is 0 Å². The van der Waals surface area contributed by atoms with Crippen molar-refractivity contribution in [1.82, 2.24) is 4.31 Å². The monoisotopic (exact) mass is 320 g/mol.